The van der Waals surface area contributed by atoms with Crippen LogP contribution in [0.1, 0.15) is 46.0 Å². The van der Waals surface area contributed by atoms with Gasteiger partial charge in [-0.05, 0) is 25.7 Å². The minimum absolute atomic E-state index is 0.597. The maximum Gasteiger partial charge on any atom is 0.0573 e. The second-order valence-corrected chi connectivity index (χ2v) is 3.39. The van der Waals surface area contributed by atoms with E-state index in [0.29, 0.717) is 6.10 Å². The molecule has 1 rings (SSSR count). The Bertz CT molecular complexity index is 84.1. The van der Waals surface area contributed by atoms with Gasteiger partial charge in [0.15, 0.2) is 0 Å². The number of ether oxygens (including phenoxy) is 2. The van der Waals surface area contributed by atoms with Crippen molar-refractivity contribution < 1.29 is 9.47 Å². The van der Waals surface area contributed by atoms with Gasteiger partial charge in [-0.15, -0.1) is 0 Å². The Hall–Kier alpha value is -0.0800. The minimum Gasteiger partial charge on any atom is -0.385 e. The van der Waals surface area contributed by atoms with Crippen molar-refractivity contribution >= 4 is 0 Å². The van der Waals surface area contributed by atoms with Crippen molar-refractivity contribution in [3.8, 4) is 0 Å². The van der Waals surface area contributed by atoms with E-state index in [4.69, 9.17) is 9.47 Å². The quantitative estimate of drug-likeness (QED) is 0.631. The molecule has 0 N–H and O–H groups in total. The van der Waals surface area contributed by atoms with Crippen molar-refractivity contribution in [1.82, 2.24) is 0 Å². The average Bonchev–Trinajstić information content (AvgIpc) is 2.68. The largest absolute Gasteiger partial charge is 0.385 e. The third-order valence-electron chi connectivity index (χ3n) is 2.18. The molecule has 0 aromatic rings. The first kappa shape index (κ1) is 12.9. The monoisotopic (exact) mass is 188 g/mol. The van der Waals surface area contributed by atoms with Crippen molar-refractivity contribution in [3.63, 3.8) is 0 Å². The van der Waals surface area contributed by atoms with Gasteiger partial charge in [0.25, 0.3) is 0 Å². The number of unbranched alkanes of at least 4 members (excludes halogenated alkanes) is 1. The maximum absolute atomic E-state index is 5.30. The smallest absolute Gasteiger partial charge is 0.0573 e. The molecule has 1 aliphatic rings. The van der Waals surface area contributed by atoms with Crippen LogP contribution in [0.2, 0.25) is 0 Å². The molecule has 0 spiro atoms. The van der Waals surface area contributed by atoms with E-state index in [1.54, 1.807) is 7.11 Å². The fraction of sp³-hybridized carbons (Fsp3) is 1.00. The van der Waals surface area contributed by atoms with Gasteiger partial charge in [-0.2, -0.15) is 0 Å². The lowest BCUT2D eigenvalue weighted by Gasteiger charge is -2.01. The van der Waals surface area contributed by atoms with Crippen LogP contribution in [-0.4, -0.2) is 26.4 Å². The van der Waals surface area contributed by atoms with E-state index in [1.807, 2.05) is 0 Å². The second kappa shape index (κ2) is 10.0. The van der Waals surface area contributed by atoms with E-state index in [2.05, 4.69) is 13.8 Å². The molecule has 1 fully saturated rings. The molecular weight excluding hydrogens is 164 g/mol. The lowest BCUT2D eigenvalue weighted by atomic mass is 10.2. The Labute approximate surface area is 82.6 Å². The van der Waals surface area contributed by atoms with E-state index in [0.717, 1.165) is 13.2 Å². The molecule has 0 bridgehead atoms. The summed E-state index contributed by atoms with van der Waals surface area (Å²) in [5.41, 5.74) is 0. The Morgan fingerprint density at radius 2 is 2.15 bits per heavy atom. The molecule has 0 aliphatic carbocycles. The van der Waals surface area contributed by atoms with Gasteiger partial charge in [0.1, 0.15) is 0 Å². The summed E-state index contributed by atoms with van der Waals surface area (Å²) < 4.78 is 10.1. The fourth-order valence-electron chi connectivity index (χ4n) is 1.25. The summed E-state index contributed by atoms with van der Waals surface area (Å²) >= 11 is 0. The number of rotatable bonds is 4. The van der Waals surface area contributed by atoms with Gasteiger partial charge in [0.2, 0.25) is 0 Å². The van der Waals surface area contributed by atoms with Gasteiger partial charge in [-0.25, -0.2) is 0 Å². The van der Waals surface area contributed by atoms with Crippen LogP contribution in [0.3, 0.4) is 0 Å². The first-order valence-corrected chi connectivity index (χ1v) is 5.45. The number of hydrogen-bond donors (Lipinski definition) is 0. The SMILES string of the molecule is CCC1CCCO1.CCCCOC. The van der Waals surface area contributed by atoms with Gasteiger partial charge in [-0.1, -0.05) is 20.3 Å². The first-order valence-electron chi connectivity index (χ1n) is 5.45. The Kier molecular flexibility index (Phi) is 9.94. The predicted molar refractivity (Wildman–Crippen MR) is 56.0 cm³/mol. The molecule has 1 heterocycles. The highest BCUT2D eigenvalue weighted by atomic mass is 16.5. The summed E-state index contributed by atoms with van der Waals surface area (Å²) in [6.07, 6.45) is 6.78. The summed E-state index contributed by atoms with van der Waals surface area (Å²) in [6.45, 7) is 6.24. The molecule has 0 amide bonds. The summed E-state index contributed by atoms with van der Waals surface area (Å²) in [5.74, 6) is 0. The normalized spacial score (nSPS) is 21.0. The molecule has 2 heteroatoms. The first-order chi connectivity index (χ1) is 6.35. The van der Waals surface area contributed by atoms with Gasteiger partial charge in [0, 0.05) is 20.3 Å². The summed E-state index contributed by atoms with van der Waals surface area (Å²) in [6, 6.07) is 0. The van der Waals surface area contributed by atoms with Crippen molar-refractivity contribution in [2.24, 2.45) is 0 Å². The van der Waals surface area contributed by atoms with Gasteiger partial charge < -0.3 is 9.47 Å². The zero-order chi connectivity index (χ0) is 9.94. The predicted octanol–water partition coefficient (Wildman–Crippen LogP) is 3.01. The van der Waals surface area contributed by atoms with Crippen molar-refractivity contribution in [2.45, 2.75) is 52.1 Å². The van der Waals surface area contributed by atoms with Crippen molar-refractivity contribution in [1.29, 1.82) is 0 Å². The minimum atomic E-state index is 0.597. The molecule has 1 aliphatic heterocycles. The van der Waals surface area contributed by atoms with Gasteiger partial charge in [-0.3, -0.25) is 0 Å². The van der Waals surface area contributed by atoms with E-state index >= 15 is 0 Å². The molecule has 1 saturated heterocycles. The van der Waals surface area contributed by atoms with Crippen molar-refractivity contribution in [3.05, 3.63) is 0 Å². The summed E-state index contributed by atoms with van der Waals surface area (Å²) in [7, 11) is 1.73. The number of methoxy groups -OCH3 is 1. The van der Waals surface area contributed by atoms with Crippen LogP contribution in [-0.2, 0) is 9.47 Å². The van der Waals surface area contributed by atoms with E-state index < -0.39 is 0 Å². The molecule has 1 unspecified atom stereocenters. The Morgan fingerprint density at radius 1 is 1.38 bits per heavy atom. The second-order valence-electron chi connectivity index (χ2n) is 3.39. The molecule has 0 saturated carbocycles. The van der Waals surface area contributed by atoms with Crippen LogP contribution >= 0.6 is 0 Å². The zero-order valence-corrected chi connectivity index (χ0v) is 9.34. The topological polar surface area (TPSA) is 18.5 Å². The molecule has 80 valence electrons. The van der Waals surface area contributed by atoms with Crippen LogP contribution in [0, 0.1) is 0 Å². The van der Waals surface area contributed by atoms with Crippen LogP contribution < -0.4 is 0 Å². The van der Waals surface area contributed by atoms with Crippen LogP contribution in [0.4, 0.5) is 0 Å². The van der Waals surface area contributed by atoms with Crippen LogP contribution in [0.5, 0.6) is 0 Å². The highest BCUT2D eigenvalue weighted by Gasteiger charge is 2.11. The summed E-state index contributed by atoms with van der Waals surface area (Å²) in [5, 5.41) is 0. The lowest BCUT2D eigenvalue weighted by Crippen LogP contribution is -2.00. The third-order valence-corrected chi connectivity index (χ3v) is 2.18. The highest BCUT2D eigenvalue weighted by molar-refractivity contribution is 4.60. The molecular formula is C11H24O2. The summed E-state index contributed by atoms with van der Waals surface area (Å²) in [4.78, 5) is 0. The van der Waals surface area contributed by atoms with Crippen molar-refractivity contribution in [2.75, 3.05) is 20.3 Å². The standard InChI is InChI=1S/C6H12O.C5H12O/c1-2-6-4-3-5-7-6;1-3-4-5-6-2/h6H,2-5H2,1H3;3-5H2,1-2H3. The van der Waals surface area contributed by atoms with E-state index in [1.165, 1.54) is 32.1 Å². The maximum atomic E-state index is 5.30. The van der Waals surface area contributed by atoms with E-state index in [-0.39, 0.29) is 0 Å². The zero-order valence-electron chi connectivity index (χ0n) is 9.34. The molecule has 2 nitrogen and oxygen atoms in total. The molecule has 0 radical (unpaired) electrons. The average molecular weight is 188 g/mol. The molecule has 1 atom stereocenters. The van der Waals surface area contributed by atoms with Gasteiger partial charge >= 0.3 is 0 Å². The van der Waals surface area contributed by atoms with E-state index in [9.17, 15) is 0 Å². The number of hydrogen-bond acceptors (Lipinski definition) is 2. The van der Waals surface area contributed by atoms with Crippen LogP contribution in [0.25, 0.3) is 0 Å². The van der Waals surface area contributed by atoms with Crippen LogP contribution in [0.15, 0.2) is 0 Å². The fourth-order valence-corrected chi connectivity index (χ4v) is 1.25. The third kappa shape index (κ3) is 8.26. The molecule has 0 aromatic carbocycles. The Balaban J connectivity index is 0.000000226. The molecule has 13 heavy (non-hydrogen) atoms. The molecule has 0 aromatic heterocycles. The Morgan fingerprint density at radius 3 is 2.38 bits per heavy atom. The lowest BCUT2D eigenvalue weighted by molar-refractivity contribution is 0.108. The van der Waals surface area contributed by atoms with Gasteiger partial charge in [0.05, 0.1) is 6.10 Å². The highest BCUT2D eigenvalue weighted by Crippen LogP contribution is 2.13.